The lowest BCUT2D eigenvalue weighted by Gasteiger charge is -2.29. The Labute approximate surface area is 298 Å². The van der Waals surface area contributed by atoms with E-state index in [4.69, 9.17) is 9.47 Å². The molecule has 3 amide bonds. The molecule has 3 unspecified atom stereocenters. The zero-order valence-electron chi connectivity index (χ0n) is 28.4. The second-order valence-electron chi connectivity index (χ2n) is 12.6. The lowest BCUT2D eigenvalue weighted by Crippen LogP contribution is -2.52. The van der Waals surface area contributed by atoms with E-state index in [9.17, 15) is 14.4 Å². The van der Waals surface area contributed by atoms with Crippen LogP contribution in [0.25, 0.3) is 0 Å². The summed E-state index contributed by atoms with van der Waals surface area (Å²) in [5, 5.41) is 9.40. The maximum absolute atomic E-state index is 14.1. The molecule has 0 aliphatic carbocycles. The highest BCUT2D eigenvalue weighted by molar-refractivity contribution is 7.09. The standard InChI is InChI=1S/C39H47N5O5S/c45-37(26-32-14-8-3-9-15-32)43-36(18-19-44-20-22-48-23-21-44)38(46)41-33(24-30-10-4-1-5-11-30)16-17-34(25-31-12-6-2-7-13-31)42-39(47)49-28-35-27-40-29-50-35/h1-15,27,29,33-34,36H,16-26,28H2,(H,41,46)(H,42,47)(H,43,45). The van der Waals surface area contributed by atoms with E-state index in [1.807, 2.05) is 91.0 Å². The molecule has 11 heteroatoms. The van der Waals surface area contributed by atoms with Gasteiger partial charge in [0.2, 0.25) is 11.8 Å². The molecule has 0 bridgehead atoms. The second-order valence-corrected chi connectivity index (χ2v) is 13.5. The summed E-state index contributed by atoms with van der Waals surface area (Å²) in [4.78, 5) is 47.3. The molecule has 3 N–H and O–H groups in total. The zero-order chi connectivity index (χ0) is 34.8. The lowest BCUT2D eigenvalue weighted by atomic mass is 9.95. The fourth-order valence-electron chi connectivity index (χ4n) is 6.04. The highest BCUT2D eigenvalue weighted by atomic mass is 32.1. The van der Waals surface area contributed by atoms with Gasteiger partial charge < -0.3 is 25.4 Å². The average molecular weight is 698 g/mol. The Morgan fingerprint density at radius 1 is 0.760 bits per heavy atom. The molecule has 4 aromatic rings. The van der Waals surface area contributed by atoms with Crippen molar-refractivity contribution in [3.8, 4) is 0 Å². The van der Waals surface area contributed by atoms with Gasteiger partial charge in [-0.3, -0.25) is 19.5 Å². The van der Waals surface area contributed by atoms with Gasteiger partial charge in [-0.1, -0.05) is 91.0 Å². The first-order chi connectivity index (χ1) is 24.5. The SMILES string of the molecule is O=C(Cc1ccccc1)NC(CCN1CCOCC1)C(=O)NC(CCC(Cc1ccccc1)NC(=O)OCc1cncs1)Cc1ccccc1. The number of carbonyl (C=O) groups is 3. The molecule has 10 nitrogen and oxygen atoms in total. The maximum Gasteiger partial charge on any atom is 0.407 e. The third-order valence-electron chi connectivity index (χ3n) is 8.71. The van der Waals surface area contributed by atoms with E-state index in [0.717, 1.165) is 34.7 Å². The zero-order valence-corrected chi connectivity index (χ0v) is 29.2. The number of benzene rings is 3. The minimum Gasteiger partial charge on any atom is -0.444 e. The Morgan fingerprint density at radius 3 is 1.92 bits per heavy atom. The number of hydrogen-bond acceptors (Lipinski definition) is 8. The molecule has 3 atom stereocenters. The topological polar surface area (TPSA) is 122 Å². The van der Waals surface area contributed by atoms with Crippen LogP contribution in [0.4, 0.5) is 4.79 Å². The molecule has 1 aliphatic rings. The first kappa shape index (κ1) is 36.7. The normalized spacial score (nSPS) is 15.0. The Kier molecular flexibility index (Phi) is 14.8. The van der Waals surface area contributed by atoms with Crippen LogP contribution in [0.5, 0.6) is 0 Å². The molecule has 0 radical (unpaired) electrons. The van der Waals surface area contributed by atoms with Gasteiger partial charge in [-0.05, 0) is 48.8 Å². The third-order valence-corrected chi connectivity index (χ3v) is 9.46. The Morgan fingerprint density at radius 2 is 1.34 bits per heavy atom. The first-order valence-electron chi connectivity index (χ1n) is 17.3. The van der Waals surface area contributed by atoms with Crippen molar-refractivity contribution in [2.75, 3.05) is 32.8 Å². The summed E-state index contributed by atoms with van der Waals surface area (Å²) in [5.41, 5.74) is 4.78. The van der Waals surface area contributed by atoms with Crippen LogP contribution < -0.4 is 16.0 Å². The van der Waals surface area contributed by atoms with Crippen molar-refractivity contribution < 1.29 is 23.9 Å². The summed E-state index contributed by atoms with van der Waals surface area (Å²) in [5.74, 6) is -0.404. The largest absolute Gasteiger partial charge is 0.444 e. The highest BCUT2D eigenvalue weighted by Crippen LogP contribution is 2.15. The molecule has 1 saturated heterocycles. The molecule has 5 rings (SSSR count). The molecule has 2 heterocycles. The number of morpholine rings is 1. The van der Waals surface area contributed by atoms with E-state index < -0.39 is 12.1 Å². The fourth-order valence-corrected chi connectivity index (χ4v) is 6.55. The molecular weight excluding hydrogens is 651 g/mol. The van der Waals surface area contributed by atoms with Crippen LogP contribution in [-0.2, 0) is 44.9 Å². The lowest BCUT2D eigenvalue weighted by molar-refractivity contribution is -0.129. The molecule has 1 aliphatic heterocycles. The molecule has 1 fully saturated rings. The number of thiazole rings is 1. The van der Waals surface area contributed by atoms with Gasteiger partial charge in [0.15, 0.2) is 0 Å². The minimum absolute atomic E-state index is 0.156. The first-order valence-corrected chi connectivity index (χ1v) is 18.2. The van der Waals surface area contributed by atoms with Gasteiger partial charge in [-0.2, -0.15) is 0 Å². The van der Waals surface area contributed by atoms with Gasteiger partial charge in [0.1, 0.15) is 12.6 Å². The summed E-state index contributed by atoms with van der Waals surface area (Å²) in [7, 11) is 0. The molecule has 0 spiro atoms. The van der Waals surface area contributed by atoms with E-state index >= 15 is 0 Å². The van der Waals surface area contributed by atoms with Gasteiger partial charge in [-0.15, -0.1) is 11.3 Å². The number of nitrogens with zero attached hydrogens (tertiary/aromatic N) is 2. The summed E-state index contributed by atoms with van der Waals surface area (Å²) in [6.45, 7) is 3.74. The predicted molar refractivity (Wildman–Crippen MR) is 195 cm³/mol. The maximum atomic E-state index is 14.1. The van der Waals surface area contributed by atoms with Crippen LogP contribution in [0.3, 0.4) is 0 Å². The number of aromatic nitrogens is 1. The number of rotatable bonds is 18. The fraction of sp³-hybridized carbons (Fsp3) is 0.385. The van der Waals surface area contributed by atoms with Gasteiger partial charge in [-0.25, -0.2) is 4.79 Å². The Hall–Kier alpha value is -4.58. The van der Waals surface area contributed by atoms with Crippen molar-refractivity contribution in [2.24, 2.45) is 0 Å². The second kappa shape index (κ2) is 20.2. The smallest absolute Gasteiger partial charge is 0.407 e. The van der Waals surface area contributed by atoms with Gasteiger partial charge in [0.25, 0.3) is 0 Å². The summed E-state index contributed by atoms with van der Waals surface area (Å²) in [6.07, 6.45) is 4.29. The molecule has 264 valence electrons. The number of hydrogen-bond donors (Lipinski definition) is 3. The van der Waals surface area contributed by atoms with Gasteiger partial charge >= 0.3 is 6.09 Å². The van der Waals surface area contributed by atoms with Crippen molar-refractivity contribution in [3.63, 3.8) is 0 Å². The van der Waals surface area contributed by atoms with Crippen LogP contribution >= 0.6 is 11.3 Å². The third kappa shape index (κ3) is 13.0. The van der Waals surface area contributed by atoms with Crippen molar-refractivity contribution in [1.29, 1.82) is 0 Å². The van der Waals surface area contributed by atoms with Crippen molar-refractivity contribution in [1.82, 2.24) is 25.8 Å². The Balaban J connectivity index is 1.27. The summed E-state index contributed by atoms with van der Waals surface area (Å²) in [6, 6.07) is 28.4. The van der Waals surface area contributed by atoms with E-state index in [0.29, 0.717) is 51.9 Å². The van der Waals surface area contributed by atoms with Crippen LogP contribution in [0.2, 0.25) is 0 Å². The number of alkyl carbamates (subject to hydrolysis) is 1. The van der Waals surface area contributed by atoms with Crippen LogP contribution in [0, 0.1) is 0 Å². The molecule has 50 heavy (non-hydrogen) atoms. The van der Waals surface area contributed by atoms with Crippen molar-refractivity contribution in [3.05, 3.63) is 124 Å². The average Bonchev–Trinajstić information content (AvgIpc) is 3.67. The number of amides is 3. The van der Waals surface area contributed by atoms with E-state index in [1.54, 1.807) is 11.7 Å². The molecule has 0 saturated carbocycles. The molecular formula is C39H47N5O5S. The van der Waals surface area contributed by atoms with E-state index in [1.165, 1.54) is 11.3 Å². The van der Waals surface area contributed by atoms with Gasteiger partial charge in [0.05, 0.1) is 30.0 Å². The van der Waals surface area contributed by atoms with Crippen LogP contribution in [0.1, 0.15) is 40.8 Å². The number of carbonyl (C=O) groups excluding carboxylic acids is 3. The molecule has 3 aromatic carbocycles. The van der Waals surface area contributed by atoms with Gasteiger partial charge in [0, 0.05) is 37.9 Å². The Bertz CT molecular complexity index is 1570. The minimum atomic E-state index is -0.702. The van der Waals surface area contributed by atoms with Crippen LogP contribution in [-0.4, -0.2) is 78.8 Å². The number of nitrogens with one attached hydrogen (secondary N) is 3. The van der Waals surface area contributed by atoms with Crippen molar-refractivity contribution >= 4 is 29.2 Å². The van der Waals surface area contributed by atoms with E-state index in [2.05, 4.69) is 25.8 Å². The van der Waals surface area contributed by atoms with Crippen molar-refractivity contribution in [2.45, 2.75) is 63.3 Å². The predicted octanol–water partition coefficient (Wildman–Crippen LogP) is 4.94. The van der Waals surface area contributed by atoms with E-state index in [-0.39, 0.29) is 36.9 Å². The monoisotopic (exact) mass is 697 g/mol. The van der Waals surface area contributed by atoms with Crippen LogP contribution in [0.15, 0.2) is 103 Å². The molecule has 1 aromatic heterocycles. The summed E-state index contributed by atoms with van der Waals surface area (Å²) >= 11 is 1.43. The highest BCUT2D eigenvalue weighted by Gasteiger charge is 2.26. The quantitative estimate of drug-likeness (QED) is 0.135. The number of ether oxygens (including phenoxy) is 2. The summed E-state index contributed by atoms with van der Waals surface area (Å²) < 4.78 is 11.0.